The van der Waals surface area contributed by atoms with Gasteiger partial charge in [0.2, 0.25) is 5.28 Å². The van der Waals surface area contributed by atoms with Gasteiger partial charge in [-0.1, -0.05) is 0 Å². The maximum atomic E-state index is 13.1. The minimum Gasteiger partial charge on any atom is -0.254 e. The molecule has 2 heterocycles. The standard InChI is InChI=1S/C6H3ClFN5S/c7-5-9-1-3(8)4(12-5)14-6-10-2-11-13-6/h1-2H,(H,10,11,13). The third kappa shape index (κ3) is 1.99. The maximum Gasteiger partial charge on any atom is 0.223 e. The van der Waals surface area contributed by atoms with Gasteiger partial charge in [0.25, 0.3) is 0 Å². The summed E-state index contributed by atoms with van der Waals surface area (Å²) in [5.74, 6) is -0.546. The van der Waals surface area contributed by atoms with Crippen molar-refractivity contribution in [3.63, 3.8) is 0 Å². The summed E-state index contributed by atoms with van der Waals surface area (Å²) in [6.07, 6.45) is 2.33. The molecule has 14 heavy (non-hydrogen) atoms. The van der Waals surface area contributed by atoms with Gasteiger partial charge in [0.1, 0.15) is 11.4 Å². The van der Waals surface area contributed by atoms with Gasteiger partial charge in [0, 0.05) is 0 Å². The van der Waals surface area contributed by atoms with Gasteiger partial charge in [-0.25, -0.2) is 19.3 Å². The predicted molar refractivity (Wildman–Crippen MR) is 47.5 cm³/mol. The van der Waals surface area contributed by atoms with Gasteiger partial charge in [-0.2, -0.15) is 5.10 Å². The highest BCUT2D eigenvalue weighted by Crippen LogP contribution is 2.24. The van der Waals surface area contributed by atoms with Crippen LogP contribution in [0.1, 0.15) is 0 Å². The van der Waals surface area contributed by atoms with Crippen LogP contribution >= 0.6 is 23.4 Å². The normalized spacial score (nSPS) is 10.4. The van der Waals surface area contributed by atoms with Crippen molar-refractivity contribution >= 4 is 23.4 Å². The zero-order chi connectivity index (χ0) is 9.97. The first-order chi connectivity index (χ1) is 6.75. The van der Waals surface area contributed by atoms with Crippen LogP contribution in [0.2, 0.25) is 5.28 Å². The number of nitrogens with zero attached hydrogens (tertiary/aromatic N) is 4. The molecular weight excluding hydrogens is 229 g/mol. The molecule has 0 spiro atoms. The van der Waals surface area contributed by atoms with E-state index in [-0.39, 0.29) is 10.3 Å². The van der Waals surface area contributed by atoms with Gasteiger partial charge >= 0.3 is 0 Å². The molecule has 0 amide bonds. The number of hydrogen-bond donors (Lipinski definition) is 1. The highest BCUT2D eigenvalue weighted by atomic mass is 35.5. The van der Waals surface area contributed by atoms with Crippen molar-refractivity contribution in [2.75, 3.05) is 0 Å². The Kier molecular flexibility index (Phi) is 2.60. The predicted octanol–water partition coefficient (Wildman–Crippen LogP) is 1.54. The molecule has 1 N–H and O–H groups in total. The van der Waals surface area contributed by atoms with E-state index in [1.54, 1.807) is 0 Å². The lowest BCUT2D eigenvalue weighted by molar-refractivity contribution is 0.578. The molecule has 2 aromatic rings. The molecule has 0 aliphatic rings. The lowest BCUT2D eigenvalue weighted by Crippen LogP contribution is -1.90. The Hall–Kier alpha value is -1.21. The molecule has 0 radical (unpaired) electrons. The molecule has 0 saturated heterocycles. The number of aromatic nitrogens is 5. The molecule has 0 bridgehead atoms. The van der Waals surface area contributed by atoms with Gasteiger partial charge in [-0.05, 0) is 23.4 Å². The van der Waals surface area contributed by atoms with Crippen molar-refractivity contribution in [1.82, 2.24) is 25.1 Å². The minimum absolute atomic E-state index is 0.00610. The Balaban J connectivity index is 2.28. The Bertz CT molecular complexity index is 434. The van der Waals surface area contributed by atoms with Gasteiger partial charge < -0.3 is 0 Å². The molecule has 2 rings (SSSR count). The summed E-state index contributed by atoms with van der Waals surface area (Å²) in [7, 11) is 0. The summed E-state index contributed by atoms with van der Waals surface area (Å²) in [6, 6.07) is 0. The van der Waals surface area contributed by atoms with Gasteiger partial charge in [-0.15, -0.1) is 0 Å². The number of nitrogens with one attached hydrogen (secondary N) is 1. The second kappa shape index (κ2) is 3.89. The maximum absolute atomic E-state index is 13.1. The molecule has 0 fully saturated rings. The third-order valence-corrected chi connectivity index (χ3v) is 2.32. The van der Waals surface area contributed by atoms with Crippen LogP contribution in [0.4, 0.5) is 4.39 Å². The van der Waals surface area contributed by atoms with Crippen LogP contribution in [0, 0.1) is 5.82 Å². The third-order valence-electron chi connectivity index (χ3n) is 1.27. The van der Waals surface area contributed by atoms with Crippen LogP contribution in [-0.4, -0.2) is 25.1 Å². The number of hydrogen-bond acceptors (Lipinski definition) is 5. The lowest BCUT2D eigenvalue weighted by Gasteiger charge is -1.97. The molecule has 0 aliphatic heterocycles. The molecule has 0 aromatic carbocycles. The number of H-pyrrole nitrogens is 1. The van der Waals surface area contributed by atoms with Crippen LogP contribution in [-0.2, 0) is 0 Å². The Morgan fingerprint density at radius 2 is 2.29 bits per heavy atom. The van der Waals surface area contributed by atoms with Gasteiger partial charge in [-0.3, -0.25) is 5.10 Å². The molecular formula is C6H3ClFN5S. The summed E-state index contributed by atoms with van der Waals surface area (Å²) >= 11 is 6.50. The Labute approximate surface area is 87.1 Å². The molecule has 0 aliphatic carbocycles. The van der Waals surface area contributed by atoms with E-state index in [9.17, 15) is 4.39 Å². The number of halogens is 2. The van der Waals surface area contributed by atoms with Crippen LogP contribution in [0.5, 0.6) is 0 Å². The van der Waals surface area contributed by atoms with E-state index in [2.05, 4.69) is 25.1 Å². The van der Waals surface area contributed by atoms with Crippen LogP contribution in [0.3, 0.4) is 0 Å². The SMILES string of the molecule is Fc1cnc(Cl)nc1Sc1ncn[nH]1. The smallest absolute Gasteiger partial charge is 0.223 e. The van der Waals surface area contributed by atoms with Crippen molar-refractivity contribution in [3.05, 3.63) is 23.6 Å². The summed E-state index contributed by atoms with van der Waals surface area (Å²) in [6.45, 7) is 0. The largest absolute Gasteiger partial charge is 0.254 e. The van der Waals surface area contributed by atoms with E-state index >= 15 is 0 Å². The fourth-order valence-electron chi connectivity index (χ4n) is 0.738. The molecule has 0 unspecified atom stereocenters. The highest BCUT2D eigenvalue weighted by molar-refractivity contribution is 7.99. The lowest BCUT2D eigenvalue weighted by atomic mass is 10.6. The highest BCUT2D eigenvalue weighted by Gasteiger charge is 2.09. The Morgan fingerprint density at radius 1 is 1.43 bits per heavy atom. The first-order valence-corrected chi connectivity index (χ1v) is 4.66. The first-order valence-electron chi connectivity index (χ1n) is 3.47. The zero-order valence-corrected chi connectivity index (χ0v) is 8.18. The fraction of sp³-hybridized carbons (Fsp3) is 0. The van der Waals surface area contributed by atoms with E-state index in [1.165, 1.54) is 6.33 Å². The average Bonchev–Trinajstić information content (AvgIpc) is 2.64. The topological polar surface area (TPSA) is 67.3 Å². The second-order valence-electron chi connectivity index (χ2n) is 2.18. The van der Waals surface area contributed by atoms with Crippen molar-refractivity contribution in [3.8, 4) is 0 Å². The second-order valence-corrected chi connectivity index (χ2v) is 3.50. The van der Waals surface area contributed by atoms with Crippen LogP contribution < -0.4 is 0 Å². The van der Waals surface area contributed by atoms with Crippen LogP contribution in [0.25, 0.3) is 0 Å². The Morgan fingerprint density at radius 3 is 3.00 bits per heavy atom. The summed E-state index contributed by atoms with van der Waals surface area (Å²) in [4.78, 5) is 11.0. The van der Waals surface area contributed by atoms with Crippen molar-refractivity contribution in [2.45, 2.75) is 10.2 Å². The molecule has 5 nitrogen and oxygen atoms in total. The monoisotopic (exact) mass is 231 g/mol. The quantitative estimate of drug-likeness (QED) is 0.627. The number of aromatic amines is 1. The van der Waals surface area contributed by atoms with E-state index < -0.39 is 5.82 Å². The molecule has 0 saturated carbocycles. The van der Waals surface area contributed by atoms with Crippen molar-refractivity contribution < 1.29 is 4.39 Å². The molecule has 2 aromatic heterocycles. The summed E-state index contributed by atoms with van der Waals surface area (Å²) in [5, 5.41) is 6.73. The average molecular weight is 232 g/mol. The van der Waals surface area contributed by atoms with E-state index in [0.717, 1.165) is 18.0 Å². The zero-order valence-electron chi connectivity index (χ0n) is 6.61. The van der Waals surface area contributed by atoms with E-state index in [1.807, 2.05) is 0 Å². The first kappa shape index (κ1) is 9.35. The van der Waals surface area contributed by atoms with Crippen molar-refractivity contribution in [2.24, 2.45) is 0 Å². The van der Waals surface area contributed by atoms with Gasteiger partial charge in [0.05, 0.1) is 6.20 Å². The molecule has 8 heteroatoms. The summed E-state index contributed by atoms with van der Waals surface area (Å²) in [5.41, 5.74) is 0. The van der Waals surface area contributed by atoms with Crippen molar-refractivity contribution in [1.29, 1.82) is 0 Å². The van der Waals surface area contributed by atoms with Crippen LogP contribution in [0.15, 0.2) is 22.7 Å². The molecule has 0 atom stereocenters. The molecule has 72 valence electrons. The summed E-state index contributed by atoms with van der Waals surface area (Å²) < 4.78 is 13.1. The fourth-order valence-corrected chi connectivity index (χ4v) is 1.58. The number of rotatable bonds is 2. The minimum atomic E-state index is -0.546. The van der Waals surface area contributed by atoms with E-state index in [0.29, 0.717) is 5.16 Å². The van der Waals surface area contributed by atoms with Gasteiger partial charge in [0.15, 0.2) is 11.0 Å². The van der Waals surface area contributed by atoms with E-state index in [4.69, 9.17) is 11.6 Å².